The van der Waals surface area contributed by atoms with Crippen LogP contribution in [0.1, 0.15) is 10.4 Å². The molecule has 0 unspecified atom stereocenters. The SMILES string of the molecule is O=C(Cl)c1ccc(Oc2ccc(Cl)cc2)c([N+](=O)[O-])c1. The fourth-order valence-electron chi connectivity index (χ4n) is 1.50. The Balaban J connectivity index is 2.38. The van der Waals surface area contributed by atoms with E-state index in [4.69, 9.17) is 27.9 Å². The van der Waals surface area contributed by atoms with E-state index >= 15 is 0 Å². The molecule has 102 valence electrons. The second-order valence-electron chi connectivity index (χ2n) is 3.77. The number of nitrogens with zero attached hydrogens (tertiary/aromatic N) is 1. The van der Waals surface area contributed by atoms with E-state index in [0.717, 1.165) is 6.07 Å². The number of nitro groups is 1. The molecule has 0 bridgehead atoms. The van der Waals surface area contributed by atoms with Gasteiger partial charge in [0.25, 0.3) is 5.24 Å². The lowest BCUT2D eigenvalue weighted by atomic mass is 10.2. The predicted octanol–water partition coefficient (Wildman–Crippen LogP) is 4.42. The number of hydrogen-bond acceptors (Lipinski definition) is 4. The van der Waals surface area contributed by atoms with Crippen molar-refractivity contribution in [3.8, 4) is 11.5 Å². The van der Waals surface area contributed by atoms with E-state index in [1.54, 1.807) is 24.3 Å². The van der Waals surface area contributed by atoms with Gasteiger partial charge in [-0.3, -0.25) is 14.9 Å². The molecule has 5 nitrogen and oxygen atoms in total. The summed E-state index contributed by atoms with van der Waals surface area (Å²) in [5.41, 5.74) is -0.312. The van der Waals surface area contributed by atoms with E-state index in [1.807, 2.05) is 0 Å². The van der Waals surface area contributed by atoms with Crippen molar-refractivity contribution in [1.82, 2.24) is 0 Å². The highest BCUT2D eigenvalue weighted by molar-refractivity contribution is 6.67. The second-order valence-corrected chi connectivity index (χ2v) is 4.55. The number of nitro benzene ring substituents is 1. The summed E-state index contributed by atoms with van der Waals surface area (Å²) in [6, 6.07) is 10.1. The molecule has 0 N–H and O–H groups in total. The third-order valence-corrected chi connectivity index (χ3v) is 2.89. The van der Waals surface area contributed by atoms with Crippen molar-refractivity contribution in [2.75, 3.05) is 0 Å². The molecule has 0 amide bonds. The molecule has 0 saturated heterocycles. The standard InChI is InChI=1S/C13H7Cl2NO4/c14-9-2-4-10(5-3-9)20-12-6-1-8(13(15)17)7-11(12)16(18)19/h1-7H. The minimum Gasteiger partial charge on any atom is -0.450 e. The third kappa shape index (κ3) is 3.26. The van der Waals surface area contributed by atoms with Gasteiger partial charge in [0.05, 0.1) is 4.92 Å². The van der Waals surface area contributed by atoms with Crippen LogP contribution in [0.3, 0.4) is 0 Å². The van der Waals surface area contributed by atoms with E-state index in [9.17, 15) is 14.9 Å². The van der Waals surface area contributed by atoms with Crippen molar-refractivity contribution in [3.63, 3.8) is 0 Å². The predicted molar refractivity (Wildman–Crippen MR) is 74.8 cm³/mol. The van der Waals surface area contributed by atoms with E-state index in [1.165, 1.54) is 12.1 Å². The number of hydrogen-bond donors (Lipinski definition) is 0. The summed E-state index contributed by atoms with van der Waals surface area (Å²) in [6.07, 6.45) is 0. The van der Waals surface area contributed by atoms with Gasteiger partial charge < -0.3 is 4.74 Å². The summed E-state index contributed by atoms with van der Waals surface area (Å²) >= 11 is 11.0. The molecule has 7 heteroatoms. The first-order chi connectivity index (χ1) is 9.47. The Kier molecular flexibility index (Phi) is 4.22. The van der Waals surface area contributed by atoms with Crippen LogP contribution in [0.15, 0.2) is 42.5 Å². The van der Waals surface area contributed by atoms with E-state index in [0.29, 0.717) is 10.8 Å². The van der Waals surface area contributed by atoms with Crippen LogP contribution in [-0.2, 0) is 0 Å². The van der Waals surface area contributed by atoms with Crippen molar-refractivity contribution in [3.05, 3.63) is 63.2 Å². The summed E-state index contributed by atoms with van der Waals surface area (Å²) < 4.78 is 5.41. The first kappa shape index (κ1) is 14.3. The zero-order chi connectivity index (χ0) is 14.7. The van der Waals surface area contributed by atoms with Crippen molar-refractivity contribution >= 4 is 34.1 Å². The zero-order valence-corrected chi connectivity index (χ0v) is 11.4. The highest BCUT2D eigenvalue weighted by Gasteiger charge is 2.18. The van der Waals surface area contributed by atoms with Gasteiger partial charge in [0, 0.05) is 16.7 Å². The highest BCUT2D eigenvalue weighted by atomic mass is 35.5. The van der Waals surface area contributed by atoms with Gasteiger partial charge in [-0.15, -0.1) is 0 Å². The van der Waals surface area contributed by atoms with Crippen LogP contribution in [0.25, 0.3) is 0 Å². The molecule has 0 aliphatic rings. The van der Waals surface area contributed by atoms with Gasteiger partial charge in [-0.05, 0) is 48.0 Å². The molecule has 0 aliphatic heterocycles. The third-order valence-electron chi connectivity index (χ3n) is 2.42. The summed E-state index contributed by atoms with van der Waals surface area (Å²) in [4.78, 5) is 21.4. The normalized spacial score (nSPS) is 10.1. The van der Waals surface area contributed by atoms with E-state index in [2.05, 4.69) is 0 Å². The fourth-order valence-corrected chi connectivity index (χ4v) is 1.74. The van der Waals surface area contributed by atoms with Crippen molar-refractivity contribution < 1.29 is 14.5 Å². The minimum absolute atomic E-state index is 0.0130. The molecular formula is C13H7Cl2NO4. The van der Waals surface area contributed by atoms with Gasteiger partial charge in [-0.2, -0.15) is 0 Å². The van der Waals surface area contributed by atoms with Crippen LogP contribution >= 0.6 is 23.2 Å². The Labute approximate surface area is 123 Å². The Hall–Kier alpha value is -2.11. The maximum atomic E-state index is 11.0. The molecule has 0 atom stereocenters. The summed E-state index contributed by atoms with van der Waals surface area (Å²) in [5.74, 6) is 0.404. The topological polar surface area (TPSA) is 69.4 Å². The Bertz CT molecular complexity index is 671. The fraction of sp³-hybridized carbons (Fsp3) is 0. The Morgan fingerprint density at radius 2 is 1.80 bits per heavy atom. The Morgan fingerprint density at radius 3 is 2.35 bits per heavy atom. The molecule has 0 spiro atoms. The largest absolute Gasteiger partial charge is 0.450 e. The summed E-state index contributed by atoms with van der Waals surface area (Å²) in [7, 11) is 0. The lowest BCUT2D eigenvalue weighted by Crippen LogP contribution is -1.97. The average molecular weight is 312 g/mol. The molecule has 0 radical (unpaired) electrons. The van der Waals surface area contributed by atoms with Gasteiger partial charge in [0.2, 0.25) is 5.75 Å². The first-order valence-corrected chi connectivity index (χ1v) is 6.14. The Morgan fingerprint density at radius 1 is 1.15 bits per heavy atom. The van der Waals surface area contributed by atoms with Crippen LogP contribution in [0, 0.1) is 10.1 Å². The van der Waals surface area contributed by atoms with Gasteiger partial charge in [-0.25, -0.2) is 0 Å². The second kappa shape index (κ2) is 5.90. The lowest BCUT2D eigenvalue weighted by molar-refractivity contribution is -0.385. The van der Waals surface area contributed by atoms with Gasteiger partial charge in [-0.1, -0.05) is 11.6 Å². The highest BCUT2D eigenvalue weighted by Crippen LogP contribution is 2.32. The number of rotatable bonds is 4. The number of halogens is 2. The van der Waals surface area contributed by atoms with Gasteiger partial charge in [0.15, 0.2) is 0 Å². The van der Waals surface area contributed by atoms with Gasteiger partial charge in [0.1, 0.15) is 5.75 Å². The molecule has 2 rings (SSSR count). The van der Waals surface area contributed by atoms with Crippen LogP contribution < -0.4 is 4.74 Å². The molecule has 0 saturated carbocycles. The molecule has 0 aromatic heterocycles. The quantitative estimate of drug-likeness (QED) is 0.476. The lowest BCUT2D eigenvalue weighted by Gasteiger charge is -2.07. The van der Waals surface area contributed by atoms with E-state index in [-0.39, 0.29) is 17.0 Å². The first-order valence-electron chi connectivity index (χ1n) is 5.39. The van der Waals surface area contributed by atoms with Crippen molar-refractivity contribution in [1.29, 1.82) is 0 Å². The number of ether oxygens (including phenoxy) is 1. The van der Waals surface area contributed by atoms with Crippen LogP contribution in [-0.4, -0.2) is 10.2 Å². The van der Waals surface area contributed by atoms with Crippen molar-refractivity contribution in [2.45, 2.75) is 0 Å². The smallest absolute Gasteiger partial charge is 0.312 e. The summed E-state index contributed by atoms with van der Waals surface area (Å²) in [5, 5.41) is 10.7. The van der Waals surface area contributed by atoms with Crippen molar-refractivity contribution in [2.24, 2.45) is 0 Å². The number of carbonyl (C=O) groups is 1. The maximum Gasteiger partial charge on any atom is 0.312 e. The molecule has 2 aromatic carbocycles. The monoisotopic (exact) mass is 311 g/mol. The summed E-state index contributed by atoms with van der Waals surface area (Å²) in [6.45, 7) is 0. The molecule has 0 fully saturated rings. The average Bonchev–Trinajstić information content (AvgIpc) is 2.41. The number of benzene rings is 2. The number of carbonyl (C=O) groups excluding carboxylic acids is 1. The zero-order valence-electron chi connectivity index (χ0n) is 9.88. The molecule has 20 heavy (non-hydrogen) atoms. The van der Waals surface area contributed by atoms with Crippen LogP contribution in [0.5, 0.6) is 11.5 Å². The van der Waals surface area contributed by atoms with Gasteiger partial charge >= 0.3 is 5.69 Å². The van der Waals surface area contributed by atoms with E-state index < -0.39 is 10.2 Å². The molecule has 2 aromatic rings. The minimum atomic E-state index is -0.772. The van der Waals surface area contributed by atoms with Crippen LogP contribution in [0.4, 0.5) is 5.69 Å². The molecule has 0 aliphatic carbocycles. The molecular weight excluding hydrogens is 305 g/mol. The van der Waals surface area contributed by atoms with Crippen LogP contribution in [0.2, 0.25) is 5.02 Å². The molecule has 0 heterocycles. The maximum absolute atomic E-state index is 11.0.